The van der Waals surface area contributed by atoms with Crippen LogP contribution in [0.4, 0.5) is 0 Å². The molecule has 0 bridgehead atoms. The van der Waals surface area contributed by atoms with Crippen LogP contribution in [0.15, 0.2) is 72.8 Å². The fourth-order valence-electron chi connectivity index (χ4n) is 5.11. The predicted octanol–water partition coefficient (Wildman–Crippen LogP) is 8.65. The summed E-state index contributed by atoms with van der Waals surface area (Å²) >= 11 is 0. The molecule has 0 radical (unpaired) electrons. The van der Waals surface area contributed by atoms with Gasteiger partial charge in [0.25, 0.3) is 0 Å². The van der Waals surface area contributed by atoms with E-state index in [0.29, 0.717) is 18.8 Å². The van der Waals surface area contributed by atoms with E-state index in [9.17, 15) is 4.79 Å². The van der Waals surface area contributed by atoms with Crippen LogP contribution in [0.2, 0.25) is 18.1 Å². The van der Waals surface area contributed by atoms with Crippen molar-refractivity contribution in [3.05, 3.63) is 95.1 Å². The number of carbonyl (C=O) groups excluding carboxylic acids is 1. The number of esters is 1. The number of carbonyl (C=O) groups is 1. The van der Waals surface area contributed by atoms with Gasteiger partial charge in [-0.15, -0.1) is 0 Å². The lowest BCUT2D eigenvalue weighted by atomic mass is 9.98. The molecule has 5 rings (SSSR count). The maximum atomic E-state index is 12.8. The van der Waals surface area contributed by atoms with E-state index in [1.54, 1.807) is 0 Å². The van der Waals surface area contributed by atoms with Gasteiger partial charge in [0, 0.05) is 11.1 Å². The summed E-state index contributed by atoms with van der Waals surface area (Å²) in [5.41, 5.74) is 9.32. The molecule has 0 unspecified atom stereocenters. The Morgan fingerprint density at radius 3 is 2.23 bits per heavy atom. The smallest absolute Gasteiger partial charge is 0.340 e. The highest BCUT2D eigenvalue weighted by molar-refractivity contribution is 6.74. The lowest BCUT2D eigenvalue weighted by Gasteiger charge is -2.36. The minimum atomic E-state index is -1.96. The SMILES string of the molecule is CCc1c(-c2ccc(OCc3ccccc3)cc2)c2cc(C(=O)OC)c3ccc(CO[Si](C)(C)C(C)(C)C)c1n32. The standard InChI is InChI=1S/C34H39NO4Si/c1-8-27-31(24-14-17-26(18-15-24)38-21-23-12-10-9-11-13-23)30-20-28(33(36)37-5)29-19-16-25(32(27)35(29)30)22-39-40(6,7)34(2,3)4/h9-20H,8,21-22H2,1-7H3. The van der Waals surface area contributed by atoms with Crippen LogP contribution in [-0.2, 0) is 28.8 Å². The Morgan fingerprint density at radius 2 is 1.60 bits per heavy atom. The van der Waals surface area contributed by atoms with Gasteiger partial charge in [0.1, 0.15) is 12.4 Å². The van der Waals surface area contributed by atoms with E-state index in [4.69, 9.17) is 13.9 Å². The highest BCUT2D eigenvalue weighted by Gasteiger charge is 2.37. The summed E-state index contributed by atoms with van der Waals surface area (Å²) in [6, 6.07) is 24.6. The maximum Gasteiger partial charge on any atom is 0.340 e. The van der Waals surface area contributed by atoms with Crippen molar-refractivity contribution in [1.82, 2.24) is 4.40 Å². The fraction of sp³-hybridized carbons (Fsp3) is 0.324. The topological polar surface area (TPSA) is 49.2 Å². The molecule has 0 fully saturated rings. The zero-order chi connectivity index (χ0) is 28.7. The molecule has 0 spiro atoms. The summed E-state index contributed by atoms with van der Waals surface area (Å²) in [5.74, 6) is 0.490. The second-order valence-electron chi connectivity index (χ2n) is 11.9. The first-order valence-corrected chi connectivity index (χ1v) is 16.9. The van der Waals surface area contributed by atoms with E-state index in [-0.39, 0.29) is 11.0 Å². The minimum Gasteiger partial charge on any atom is -0.489 e. The minimum absolute atomic E-state index is 0.118. The van der Waals surface area contributed by atoms with Crippen LogP contribution in [-0.4, -0.2) is 25.8 Å². The largest absolute Gasteiger partial charge is 0.489 e. The molecule has 0 saturated carbocycles. The van der Waals surface area contributed by atoms with Gasteiger partial charge in [0.05, 0.1) is 35.8 Å². The molecule has 3 heterocycles. The molecule has 5 nitrogen and oxygen atoms in total. The molecule has 40 heavy (non-hydrogen) atoms. The number of hydrogen-bond acceptors (Lipinski definition) is 4. The molecule has 0 saturated heterocycles. The molecule has 0 aliphatic carbocycles. The summed E-state index contributed by atoms with van der Waals surface area (Å²) in [4.78, 5) is 12.8. The summed E-state index contributed by atoms with van der Waals surface area (Å²) in [5, 5.41) is 0.118. The third-order valence-corrected chi connectivity index (χ3v) is 12.9. The van der Waals surface area contributed by atoms with Crippen molar-refractivity contribution in [1.29, 1.82) is 0 Å². The number of pyridine rings is 1. The Balaban J connectivity index is 1.59. The quantitative estimate of drug-likeness (QED) is 0.135. The maximum absolute atomic E-state index is 12.8. The highest BCUT2D eigenvalue weighted by atomic mass is 28.4. The van der Waals surface area contributed by atoms with Gasteiger partial charge in [-0.1, -0.05) is 76.2 Å². The lowest BCUT2D eigenvalue weighted by Crippen LogP contribution is -2.40. The van der Waals surface area contributed by atoms with Crippen molar-refractivity contribution in [2.45, 2.75) is 65.5 Å². The fourth-order valence-corrected chi connectivity index (χ4v) is 6.06. The molecule has 5 aromatic rings. The van der Waals surface area contributed by atoms with Crippen LogP contribution in [0.1, 0.15) is 54.7 Å². The number of benzene rings is 2. The summed E-state index contributed by atoms with van der Waals surface area (Å²) in [6.45, 7) is 14.6. The third-order valence-electron chi connectivity index (χ3n) is 8.40. The number of rotatable bonds is 9. The van der Waals surface area contributed by atoms with Gasteiger partial charge in [-0.05, 0) is 65.5 Å². The van der Waals surface area contributed by atoms with E-state index in [2.05, 4.69) is 75.5 Å². The molecule has 0 aliphatic rings. The Bertz CT molecular complexity index is 1630. The van der Waals surface area contributed by atoms with Gasteiger partial charge in [0.2, 0.25) is 0 Å². The van der Waals surface area contributed by atoms with Crippen molar-refractivity contribution in [3.63, 3.8) is 0 Å². The number of aromatic nitrogens is 1. The second-order valence-corrected chi connectivity index (χ2v) is 16.7. The van der Waals surface area contributed by atoms with Gasteiger partial charge in [-0.3, -0.25) is 0 Å². The summed E-state index contributed by atoms with van der Waals surface area (Å²) in [6.07, 6.45) is 0.850. The van der Waals surface area contributed by atoms with Crippen LogP contribution in [0.5, 0.6) is 5.75 Å². The van der Waals surface area contributed by atoms with Crippen LogP contribution in [0.25, 0.3) is 27.7 Å². The Kier molecular flexibility index (Phi) is 7.51. The average molecular weight is 554 g/mol. The number of nitrogens with zero attached hydrogens (tertiary/aromatic N) is 1. The summed E-state index contributed by atoms with van der Waals surface area (Å²) in [7, 11) is -0.525. The molecule has 0 aliphatic heterocycles. The van der Waals surface area contributed by atoms with Crippen molar-refractivity contribution in [2.75, 3.05) is 7.11 Å². The number of hydrogen-bond donors (Lipinski definition) is 0. The van der Waals surface area contributed by atoms with Crippen molar-refractivity contribution in [3.8, 4) is 16.9 Å². The lowest BCUT2D eigenvalue weighted by molar-refractivity contribution is 0.0603. The van der Waals surface area contributed by atoms with Crippen LogP contribution in [0, 0.1) is 0 Å². The highest BCUT2D eigenvalue weighted by Crippen LogP contribution is 2.42. The van der Waals surface area contributed by atoms with Gasteiger partial charge in [-0.25, -0.2) is 4.79 Å². The van der Waals surface area contributed by atoms with Crippen molar-refractivity contribution < 1.29 is 18.7 Å². The molecule has 2 aromatic carbocycles. The molecular weight excluding hydrogens is 514 g/mol. The molecular formula is C34H39NO4Si. The second kappa shape index (κ2) is 10.8. The van der Waals surface area contributed by atoms with Gasteiger partial charge in [-0.2, -0.15) is 0 Å². The number of aryl methyl sites for hydroxylation is 1. The van der Waals surface area contributed by atoms with E-state index in [1.807, 2.05) is 42.5 Å². The number of methoxy groups -OCH3 is 1. The zero-order valence-electron chi connectivity index (χ0n) is 24.6. The average Bonchev–Trinajstić information content (AvgIpc) is 3.48. The van der Waals surface area contributed by atoms with Gasteiger partial charge >= 0.3 is 5.97 Å². The van der Waals surface area contributed by atoms with Gasteiger partial charge < -0.3 is 18.3 Å². The van der Waals surface area contributed by atoms with Crippen molar-refractivity contribution in [2.24, 2.45) is 0 Å². The first-order valence-electron chi connectivity index (χ1n) is 14.0. The Morgan fingerprint density at radius 1 is 0.900 bits per heavy atom. The van der Waals surface area contributed by atoms with Gasteiger partial charge in [0.15, 0.2) is 8.32 Å². The molecule has 0 atom stereocenters. The Labute approximate surface area is 238 Å². The molecule has 3 aromatic heterocycles. The first-order chi connectivity index (χ1) is 19.1. The molecule has 0 N–H and O–H groups in total. The summed E-state index contributed by atoms with van der Waals surface area (Å²) < 4.78 is 20.1. The first kappa shape index (κ1) is 27.9. The molecule has 0 amide bonds. The van der Waals surface area contributed by atoms with E-state index >= 15 is 0 Å². The molecule has 6 heteroatoms. The van der Waals surface area contributed by atoms with Crippen LogP contribution < -0.4 is 4.74 Å². The number of ether oxygens (including phenoxy) is 2. The van der Waals surface area contributed by atoms with E-state index < -0.39 is 8.32 Å². The van der Waals surface area contributed by atoms with Crippen molar-refractivity contribution >= 4 is 30.8 Å². The normalized spacial score (nSPS) is 12.4. The molecule has 208 valence electrons. The van der Waals surface area contributed by atoms with Crippen LogP contribution in [0.3, 0.4) is 0 Å². The van der Waals surface area contributed by atoms with E-state index in [1.165, 1.54) is 12.7 Å². The van der Waals surface area contributed by atoms with E-state index in [0.717, 1.165) is 51.0 Å². The zero-order valence-corrected chi connectivity index (χ0v) is 25.6. The van der Waals surface area contributed by atoms with Crippen LogP contribution >= 0.6 is 0 Å². The third kappa shape index (κ3) is 5.02. The Hall–Kier alpha value is -3.61. The monoisotopic (exact) mass is 553 g/mol. The predicted molar refractivity (Wildman–Crippen MR) is 165 cm³/mol.